The standard InChI is InChI=1S/C19H28FN3O.CH2O2/c1-14(2)21-18(24)19(22-17-5-3-4-16(20)12-17)8-10-23(11-9-19)13-15-6-7-15;2-1-3/h3-5,12,14-15,22H,6-11,13H2,1-2H3,(H,21,24);1H,(H,2,3). The Labute approximate surface area is 160 Å². The quantitative estimate of drug-likeness (QED) is 0.662. The predicted molar refractivity (Wildman–Crippen MR) is 103 cm³/mol. The van der Waals surface area contributed by atoms with E-state index in [9.17, 15) is 9.18 Å². The molecule has 1 aromatic carbocycles. The number of carbonyl (C=O) groups excluding carboxylic acids is 1. The second kappa shape index (κ2) is 9.69. The third kappa shape index (κ3) is 6.50. The number of rotatable bonds is 6. The van der Waals surface area contributed by atoms with Crippen LogP contribution in [0.1, 0.15) is 39.5 Å². The van der Waals surface area contributed by atoms with E-state index < -0.39 is 5.54 Å². The largest absolute Gasteiger partial charge is 0.483 e. The summed E-state index contributed by atoms with van der Waals surface area (Å²) in [5, 5.41) is 13.3. The second-order valence-corrected chi connectivity index (χ2v) is 7.70. The zero-order chi connectivity index (χ0) is 19.9. The topological polar surface area (TPSA) is 81.7 Å². The maximum Gasteiger partial charge on any atom is 0.290 e. The van der Waals surface area contributed by atoms with Gasteiger partial charge < -0.3 is 20.6 Å². The first-order valence-electron chi connectivity index (χ1n) is 9.53. The van der Waals surface area contributed by atoms with Gasteiger partial charge in [-0.2, -0.15) is 0 Å². The maximum absolute atomic E-state index is 13.5. The van der Waals surface area contributed by atoms with E-state index in [0.29, 0.717) is 5.69 Å². The molecular weight excluding hydrogens is 349 g/mol. The number of nitrogens with zero attached hydrogens (tertiary/aromatic N) is 1. The Hall–Kier alpha value is -2.15. The van der Waals surface area contributed by atoms with E-state index in [2.05, 4.69) is 15.5 Å². The van der Waals surface area contributed by atoms with Crippen molar-refractivity contribution in [3.8, 4) is 0 Å². The molecule has 7 heteroatoms. The number of likely N-dealkylation sites (tertiary alicyclic amines) is 1. The van der Waals surface area contributed by atoms with Crippen LogP contribution in [0.25, 0.3) is 0 Å². The number of halogens is 1. The fourth-order valence-electron chi connectivity index (χ4n) is 3.43. The van der Waals surface area contributed by atoms with Crippen LogP contribution in [-0.2, 0) is 9.59 Å². The highest BCUT2D eigenvalue weighted by atomic mass is 19.1. The van der Waals surface area contributed by atoms with Crippen molar-refractivity contribution in [3.63, 3.8) is 0 Å². The summed E-state index contributed by atoms with van der Waals surface area (Å²) in [5.41, 5.74) is 0.0162. The molecule has 1 saturated heterocycles. The summed E-state index contributed by atoms with van der Waals surface area (Å²) in [5.74, 6) is 0.594. The lowest BCUT2D eigenvalue weighted by atomic mass is 9.85. The zero-order valence-electron chi connectivity index (χ0n) is 16.1. The van der Waals surface area contributed by atoms with Crippen molar-refractivity contribution < 1.29 is 19.1 Å². The molecule has 3 rings (SSSR count). The number of anilines is 1. The minimum absolute atomic E-state index is 0.0211. The summed E-state index contributed by atoms with van der Waals surface area (Å²) in [6.07, 6.45) is 4.18. The first kappa shape index (κ1) is 21.2. The minimum atomic E-state index is -0.655. The average molecular weight is 379 g/mol. The van der Waals surface area contributed by atoms with E-state index in [1.165, 1.54) is 25.0 Å². The molecule has 1 amide bonds. The van der Waals surface area contributed by atoms with Gasteiger partial charge in [-0.1, -0.05) is 6.07 Å². The Bertz CT molecular complexity index is 627. The highest BCUT2D eigenvalue weighted by molar-refractivity contribution is 5.89. The highest BCUT2D eigenvalue weighted by Crippen LogP contribution is 2.33. The molecule has 0 radical (unpaired) electrons. The summed E-state index contributed by atoms with van der Waals surface area (Å²) in [6.45, 7) is 6.66. The number of hydrogen-bond donors (Lipinski definition) is 3. The van der Waals surface area contributed by atoms with Gasteiger partial charge >= 0.3 is 0 Å². The van der Waals surface area contributed by atoms with Crippen molar-refractivity contribution in [1.82, 2.24) is 10.2 Å². The number of carbonyl (C=O) groups is 2. The Morgan fingerprint density at radius 1 is 1.37 bits per heavy atom. The number of benzene rings is 1. The van der Waals surface area contributed by atoms with Gasteiger partial charge in [-0.05, 0) is 63.6 Å². The molecule has 1 aliphatic carbocycles. The molecule has 0 atom stereocenters. The van der Waals surface area contributed by atoms with Gasteiger partial charge in [0.25, 0.3) is 6.47 Å². The van der Waals surface area contributed by atoms with E-state index >= 15 is 0 Å². The van der Waals surface area contributed by atoms with Gasteiger partial charge in [0, 0.05) is 31.4 Å². The van der Waals surface area contributed by atoms with Crippen LogP contribution in [0.4, 0.5) is 10.1 Å². The van der Waals surface area contributed by atoms with Crippen molar-refractivity contribution in [2.24, 2.45) is 5.92 Å². The fraction of sp³-hybridized carbons (Fsp3) is 0.600. The van der Waals surface area contributed by atoms with Crippen LogP contribution in [0, 0.1) is 11.7 Å². The highest BCUT2D eigenvalue weighted by Gasteiger charge is 2.42. The van der Waals surface area contributed by atoms with E-state index in [4.69, 9.17) is 9.90 Å². The van der Waals surface area contributed by atoms with Crippen LogP contribution in [0.15, 0.2) is 24.3 Å². The third-order valence-corrected chi connectivity index (χ3v) is 4.99. The van der Waals surface area contributed by atoms with Gasteiger partial charge in [-0.25, -0.2) is 4.39 Å². The van der Waals surface area contributed by atoms with Gasteiger partial charge in [0.15, 0.2) is 0 Å². The lowest BCUT2D eigenvalue weighted by molar-refractivity contribution is -0.127. The van der Waals surface area contributed by atoms with Crippen LogP contribution in [-0.4, -0.2) is 53.6 Å². The SMILES string of the molecule is CC(C)NC(=O)C1(Nc2cccc(F)c2)CCN(CC2CC2)CC1.O=CO. The first-order valence-corrected chi connectivity index (χ1v) is 9.53. The average Bonchev–Trinajstić information content (AvgIpc) is 3.41. The second-order valence-electron chi connectivity index (χ2n) is 7.70. The molecule has 27 heavy (non-hydrogen) atoms. The van der Waals surface area contributed by atoms with Gasteiger partial charge in [-0.15, -0.1) is 0 Å². The number of piperidine rings is 1. The van der Waals surface area contributed by atoms with Gasteiger partial charge in [0.1, 0.15) is 11.4 Å². The number of carboxylic acid groups (broad SMARTS) is 1. The van der Waals surface area contributed by atoms with E-state index in [1.807, 2.05) is 19.9 Å². The lowest BCUT2D eigenvalue weighted by Crippen LogP contribution is -2.59. The molecule has 1 saturated carbocycles. The Balaban J connectivity index is 0.000000817. The van der Waals surface area contributed by atoms with E-state index in [0.717, 1.165) is 38.4 Å². The van der Waals surface area contributed by atoms with E-state index in [1.54, 1.807) is 6.07 Å². The Kier molecular flexibility index (Phi) is 7.59. The molecule has 0 unspecified atom stereocenters. The normalized spacial score (nSPS) is 19.0. The van der Waals surface area contributed by atoms with Gasteiger partial charge in [-0.3, -0.25) is 9.59 Å². The first-order chi connectivity index (χ1) is 12.9. The predicted octanol–water partition coefficient (Wildman–Crippen LogP) is 2.71. The van der Waals surface area contributed by atoms with Crippen molar-refractivity contribution in [2.45, 2.75) is 51.1 Å². The molecule has 0 spiro atoms. The number of amides is 1. The van der Waals surface area contributed by atoms with Crippen LogP contribution in [0.2, 0.25) is 0 Å². The Morgan fingerprint density at radius 3 is 2.52 bits per heavy atom. The van der Waals surface area contributed by atoms with Gasteiger partial charge in [0.2, 0.25) is 5.91 Å². The minimum Gasteiger partial charge on any atom is -0.483 e. The monoisotopic (exact) mass is 379 g/mol. The summed E-state index contributed by atoms with van der Waals surface area (Å²) in [4.78, 5) is 23.7. The van der Waals surface area contributed by atoms with Crippen LogP contribution in [0.5, 0.6) is 0 Å². The van der Waals surface area contributed by atoms with Crippen molar-refractivity contribution >= 4 is 18.1 Å². The molecule has 2 aliphatic rings. The van der Waals surface area contributed by atoms with Crippen molar-refractivity contribution in [3.05, 3.63) is 30.1 Å². The summed E-state index contributed by atoms with van der Waals surface area (Å²) in [7, 11) is 0. The molecule has 1 heterocycles. The lowest BCUT2D eigenvalue weighted by Gasteiger charge is -2.42. The summed E-state index contributed by atoms with van der Waals surface area (Å²) in [6, 6.07) is 6.47. The number of nitrogens with one attached hydrogen (secondary N) is 2. The molecule has 0 bridgehead atoms. The van der Waals surface area contributed by atoms with Crippen LogP contribution >= 0.6 is 0 Å². The number of hydrogen-bond acceptors (Lipinski definition) is 4. The smallest absolute Gasteiger partial charge is 0.290 e. The molecule has 3 N–H and O–H groups in total. The molecule has 1 aliphatic heterocycles. The zero-order valence-corrected chi connectivity index (χ0v) is 16.1. The molecule has 150 valence electrons. The molecule has 6 nitrogen and oxygen atoms in total. The van der Waals surface area contributed by atoms with Crippen LogP contribution < -0.4 is 10.6 Å². The van der Waals surface area contributed by atoms with Crippen LogP contribution in [0.3, 0.4) is 0 Å². The molecular formula is C20H30FN3O3. The van der Waals surface area contributed by atoms with Crippen molar-refractivity contribution in [2.75, 3.05) is 25.0 Å². The molecule has 2 fully saturated rings. The molecule has 0 aromatic heterocycles. The Morgan fingerprint density at radius 2 is 2.00 bits per heavy atom. The summed E-state index contributed by atoms with van der Waals surface area (Å²) >= 11 is 0. The van der Waals surface area contributed by atoms with E-state index in [-0.39, 0.29) is 24.2 Å². The summed E-state index contributed by atoms with van der Waals surface area (Å²) < 4.78 is 13.5. The van der Waals surface area contributed by atoms with Gasteiger partial charge in [0.05, 0.1) is 0 Å². The maximum atomic E-state index is 13.5. The van der Waals surface area contributed by atoms with Crippen molar-refractivity contribution in [1.29, 1.82) is 0 Å². The molecule has 1 aromatic rings. The fourth-order valence-corrected chi connectivity index (χ4v) is 3.43. The third-order valence-electron chi connectivity index (χ3n) is 4.99.